The first-order chi connectivity index (χ1) is 13.6. The van der Waals surface area contributed by atoms with Crippen molar-refractivity contribution in [2.24, 2.45) is 0 Å². The molecule has 0 saturated carbocycles. The van der Waals surface area contributed by atoms with Gasteiger partial charge in [0, 0.05) is 25.5 Å². The van der Waals surface area contributed by atoms with Crippen molar-refractivity contribution in [3.63, 3.8) is 0 Å². The number of rotatable bonds is 12. The molecule has 0 radical (unpaired) electrons. The molecule has 28 heavy (non-hydrogen) atoms. The van der Waals surface area contributed by atoms with Gasteiger partial charge in [0.15, 0.2) is 12.0 Å². The minimum Gasteiger partial charge on any atom is -0.497 e. The van der Waals surface area contributed by atoms with Crippen LogP contribution in [0.3, 0.4) is 0 Å². The quantitative estimate of drug-likeness (QED) is 0.518. The van der Waals surface area contributed by atoms with Gasteiger partial charge in [-0.1, -0.05) is 0 Å². The maximum absolute atomic E-state index is 12.2. The predicted molar refractivity (Wildman–Crippen MR) is 106 cm³/mol. The highest BCUT2D eigenvalue weighted by Crippen LogP contribution is 2.17. The summed E-state index contributed by atoms with van der Waals surface area (Å²) in [7, 11) is 1.62. The Kier molecular flexibility index (Phi) is 8.84. The fraction of sp³-hybridized carbons (Fsp3) is 0.476. The molecule has 0 amide bonds. The summed E-state index contributed by atoms with van der Waals surface area (Å²) < 4.78 is 29.5. The Morgan fingerprint density at radius 1 is 0.964 bits per heavy atom. The number of hydrogen-bond donors (Lipinski definition) is 0. The smallest absolute Gasteiger partial charge is 0.223 e. The Morgan fingerprint density at radius 2 is 1.61 bits per heavy atom. The Morgan fingerprint density at radius 3 is 2.21 bits per heavy atom. The molecular weight excluding hydrogens is 362 g/mol. The molecule has 1 aromatic heterocycles. The number of nitrogens with zero attached hydrogens (tertiary/aromatic N) is 1. The second kappa shape index (κ2) is 11.4. The van der Waals surface area contributed by atoms with Gasteiger partial charge in [-0.05, 0) is 45.0 Å². The molecule has 0 bridgehead atoms. The maximum atomic E-state index is 12.2. The summed E-state index contributed by atoms with van der Waals surface area (Å²) in [6.07, 6.45) is 1.24. The zero-order valence-corrected chi connectivity index (χ0v) is 17.0. The lowest BCUT2D eigenvalue weighted by Crippen LogP contribution is -2.27. The lowest BCUT2D eigenvalue weighted by Gasteiger charge is -2.19. The lowest BCUT2D eigenvalue weighted by molar-refractivity contribution is -0.152. The van der Waals surface area contributed by atoms with E-state index in [9.17, 15) is 4.79 Å². The SMILES string of the molecule is CCOC(COc1c(C)n(CCOc2ccc(OC)cc2)ccc1=O)OCC. The number of hydrogen-bond acceptors (Lipinski definition) is 6. The van der Waals surface area contributed by atoms with E-state index in [1.807, 2.05) is 49.6 Å². The zero-order chi connectivity index (χ0) is 20.4. The molecule has 0 aliphatic rings. The largest absolute Gasteiger partial charge is 0.497 e. The van der Waals surface area contributed by atoms with E-state index in [1.54, 1.807) is 13.3 Å². The number of pyridine rings is 1. The molecule has 0 unspecified atom stereocenters. The van der Waals surface area contributed by atoms with Crippen LogP contribution in [0.25, 0.3) is 0 Å². The first-order valence-corrected chi connectivity index (χ1v) is 9.41. The molecule has 0 atom stereocenters. The fourth-order valence-corrected chi connectivity index (χ4v) is 2.67. The third-order valence-corrected chi connectivity index (χ3v) is 4.12. The molecule has 1 heterocycles. The van der Waals surface area contributed by atoms with Crippen LogP contribution in [-0.2, 0) is 16.0 Å². The van der Waals surface area contributed by atoms with Crippen molar-refractivity contribution in [3.8, 4) is 17.2 Å². The van der Waals surface area contributed by atoms with Crippen LogP contribution in [0.4, 0.5) is 0 Å². The van der Waals surface area contributed by atoms with Gasteiger partial charge in [0.1, 0.15) is 24.7 Å². The van der Waals surface area contributed by atoms with E-state index < -0.39 is 6.29 Å². The van der Waals surface area contributed by atoms with Crippen molar-refractivity contribution in [1.29, 1.82) is 0 Å². The number of aromatic nitrogens is 1. The van der Waals surface area contributed by atoms with E-state index in [-0.39, 0.29) is 12.0 Å². The van der Waals surface area contributed by atoms with Crippen LogP contribution in [0.5, 0.6) is 17.2 Å². The van der Waals surface area contributed by atoms with E-state index in [0.29, 0.717) is 32.1 Å². The van der Waals surface area contributed by atoms with E-state index in [4.69, 9.17) is 23.7 Å². The van der Waals surface area contributed by atoms with Crippen molar-refractivity contribution < 1.29 is 23.7 Å². The summed E-state index contributed by atoms with van der Waals surface area (Å²) in [6.45, 7) is 7.82. The van der Waals surface area contributed by atoms with E-state index in [1.165, 1.54) is 6.07 Å². The van der Waals surface area contributed by atoms with E-state index in [0.717, 1.165) is 17.2 Å². The molecule has 0 aliphatic heterocycles. The molecule has 0 N–H and O–H groups in total. The average Bonchev–Trinajstić information content (AvgIpc) is 2.70. The standard InChI is InChI=1S/C21H29NO6/c1-5-25-20(26-6-2)15-28-21-16(3)22(12-11-19(21)23)13-14-27-18-9-7-17(24-4)8-10-18/h7-12,20H,5-6,13-15H2,1-4H3. The minimum atomic E-state index is -0.499. The molecule has 0 saturated heterocycles. The van der Waals surface area contributed by atoms with Gasteiger partial charge in [-0.2, -0.15) is 0 Å². The number of ether oxygens (including phenoxy) is 5. The van der Waals surface area contributed by atoms with Crippen LogP contribution in [0.1, 0.15) is 19.5 Å². The highest BCUT2D eigenvalue weighted by molar-refractivity contribution is 5.31. The Bertz CT molecular complexity index is 765. The Balaban J connectivity index is 1.97. The summed E-state index contributed by atoms with van der Waals surface area (Å²) in [5, 5.41) is 0. The van der Waals surface area contributed by atoms with Gasteiger partial charge in [-0.25, -0.2) is 0 Å². The summed E-state index contributed by atoms with van der Waals surface area (Å²) >= 11 is 0. The van der Waals surface area contributed by atoms with Crippen LogP contribution < -0.4 is 19.6 Å². The normalized spacial score (nSPS) is 10.9. The highest BCUT2D eigenvalue weighted by atomic mass is 16.7. The van der Waals surface area contributed by atoms with Crippen LogP contribution >= 0.6 is 0 Å². The molecule has 7 heteroatoms. The molecule has 0 spiro atoms. The molecule has 2 rings (SSSR count). The second-order valence-electron chi connectivity index (χ2n) is 5.96. The van der Waals surface area contributed by atoms with Crippen molar-refractivity contribution >= 4 is 0 Å². The second-order valence-corrected chi connectivity index (χ2v) is 5.96. The third-order valence-electron chi connectivity index (χ3n) is 4.12. The molecule has 1 aromatic carbocycles. The molecular formula is C21H29NO6. The van der Waals surface area contributed by atoms with Gasteiger partial charge < -0.3 is 28.3 Å². The monoisotopic (exact) mass is 391 g/mol. The van der Waals surface area contributed by atoms with Gasteiger partial charge in [0.05, 0.1) is 19.3 Å². The Labute approximate surface area is 165 Å². The van der Waals surface area contributed by atoms with Crippen molar-refractivity contribution in [1.82, 2.24) is 4.57 Å². The van der Waals surface area contributed by atoms with E-state index in [2.05, 4.69) is 0 Å². The zero-order valence-electron chi connectivity index (χ0n) is 17.0. The third kappa shape index (κ3) is 6.28. The predicted octanol–water partition coefficient (Wildman–Crippen LogP) is 3.02. The summed E-state index contributed by atoms with van der Waals surface area (Å²) in [5.41, 5.74) is 0.564. The van der Waals surface area contributed by atoms with Crippen molar-refractivity contribution in [2.45, 2.75) is 33.6 Å². The van der Waals surface area contributed by atoms with Crippen LogP contribution in [0, 0.1) is 6.92 Å². The average molecular weight is 391 g/mol. The summed E-state index contributed by atoms with van der Waals surface area (Å²) in [5.74, 6) is 1.84. The van der Waals surface area contributed by atoms with Crippen LogP contribution in [0.2, 0.25) is 0 Å². The van der Waals surface area contributed by atoms with Gasteiger partial charge in [-0.3, -0.25) is 4.79 Å². The topological polar surface area (TPSA) is 68.2 Å². The molecule has 2 aromatic rings. The summed E-state index contributed by atoms with van der Waals surface area (Å²) in [6, 6.07) is 8.89. The molecule has 154 valence electrons. The minimum absolute atomic E-state index is 0.157. The van der Waals surface area contributed by atoms with Crippen LogP contribution in [-0.4, -0.2) is 44.4 Å². The van der Waals surface area contributed by atoms with Gasteiger partial charge in [-0.15, -0.1) is 0 Å². The lowest BCUT2D eigenvalue weighted by atomic mass is 10.3. The van der Waals surface area contributed by atoms with E-state index >= 15 is 0 Å². The number of methoxy groups -OCH3 is 1. The maximum Gasteiger partial charge on any atom is 0.223 e. The molecule has 0 aliphatic carbocycles. The highest BCUT2D eigenvalue weighted by Gasteiger charge is 2.14. The van der Waals surface area contributed by atoms with Crippen LogP contribution in [0.15, 0.2) is 41.3 Å². The van der Waals surface area contributed by atoms with Gasteiger partial charge in [0.2, 0.25) is 5.43 Å². The fourth-order valence-electron chi connectivity index (χ4n) is 2.67. The first-order valence-electron chi connectivity index (χ1n) is 9.41. The summed E-state index contributed by atoms with van der Waals surface area (Å²) in [4.78, 5) is 12.2. The van der Waals surface area contributed by atoms with Crippen molar-refractivity contribution in [3.05, 3.63) is 52.4 Å². The number of benzene rings is 1. The molecule has 7 nitrogen and oxygen atoms in total. The molecule has 0 fully saturated rings. The first kappa shape index (κ1) is 21.8. The van der Waals surface area contributed by atoms with Crippen molar-refractivity contribution in [2.75, 3.05) is 33.5 Å². The van der Waals surface area contributed by atoms with Gasteiger partial charge in [0.25, 0.3) is 0 Å². The Hall–Kier alpha value is -2.51. The van der Waals surface area contributed by atoms with Gasteiger partial charge >= 0.3 is 0 Å².